The number of aromatic nitrogens is 2. The molecule has 9 heteroatoms. The van der Waals surface area contributed by atoms with Crippen molar-refractivity contribution in [3.63, 3.8) is 0 Å². The van der Waals surface area contributed by atoms with E-state index in [1.54, 1.807) is 7.05 Å². The second-order valence-corrected chi connectivity index (χ2v) is 3.48. The van der Waals surface area contributed by atoms with E-state index < -0.39 is 40.5 Å². The minimum Gasteiger partial charge on any atom is -0.419 e. The van der Waals surface area contributed by atoms with Crippen LogP contribution in [0.5, 0.6) is 0 Å². The quantitative estimate of drug-likeness (QED) is 0.531. The van der Waals surface area contributed by atoms with E-state index in [9.17, 15) is 22.0 Å². The molecule has 4 nitrogen and oxygen atoms in total. The van der Waals surface area contributed by atoms with E-state index >= 15 is 0 Å². The monoisotopic (exact) mass is 279 g/mol. The molecule has 1 aromatic carbocycles. The molecule has 0 unspecified atom stereocenters. The van der Waals surface area contributed by atoms with Gasteiger partial charge in [-0.25, -0.2) is 22.0 Å². The molecule has 0 fully saturated rings. The van der Waals surface area contributed by atoms with Crippen molar-refractivity contribution in [3.05, 3.63) is 35.0 Å². The summed E-state index contributed by atoms with van der Waals surface area (Å²) in [7, 11) is 1.54. The summed E-state index contributed by atoms with van der Waals surface area (Å²) in [4.78, 5) is 0. The predicted octanol–water partition coefficient (Wildman–Crippen LogP) is 2.15. The lowest BCUT2D eigenvalue weighted by atomic mass is 10.1. The Bertz CT molecular complexity index is 599. The summed E-state index contributed by atoms with van der Waals surface area (Å²) in [6.07, 6.45) is 0. The molecule has 0 aliphatic carbocycles. The van der Waals surface area contributed by atoms with Gasteiger partial charge in [0.05, 0.1) is 6.54 Å². The Kier molecular flexibility index (Phi) is 3.47. The van der Waals surface area contributed by atoms with E-state index in [2.05, 4.69) is 15.5 Å². The third kappa shape index (κ3) is 2.16. The molecule has 0 radical (unpaired) electrons. The van der Waals surface area contributed by atoms with Crippen molar-refractivity contribution in [1.82, 2.24) is 15.5 Å². The van der Waals surface area contributed by atoms with Crippen LogP contribution in [0.25, 0.3) is 11.5 Å². The molecule has 0 atom stereocenters. The molecule has 2 rings (SSSR count). The molecule has 1 aromatic heterocycles. The van der Waals surface area contributed by atoms with Gasteiger partial charge < -0.3 is 9.73 Å². The summed E-state index contributed by atoms with van der Waals surface area (Å²) < 4.78 is 70.4. The van der Waals surface area contributed by atoms with E-state index in [0.29, 0.717) is 0 Å². The highest BCUT2D eigenvalue weighted by Crippen LogP contribution is 2.30. The highest BCUT2D eigenvalue weighted by molar-refractivity contribution is 5.55. The molecule has 19 heavy (non-hydrogen) atoms. The largest absolute Gasteiger partial charge is 0.419 e. The first-order valence-corrected chi connectivity index (χ1v) is 4.96. The zero-order valence-electron chi connectivity index (χ0n) is 9.40. The van der Waals surface area contributed by atoms with Gasteiger partial charge in [-0.15, -0.1) is 10.2 Å². The van der Waals surface area contributed by atoms with Gasteiger partial charge in [0, 0.05) is 0 Å². The van der Waals surface area contributed by atoms with Crippen molar-refractivity contribution in [2.24, 2.45) is 0 Å². The van der Waals surface area contributed by atoms with Crippen LogP contribution >= 0.6 is 0 Å². The molecule has 0 amide bonds. The number of halogens is 5. The molecule has 0 bridgehead atoms. The molecular formula is C10H6F5N3O. The molecule has 1 N–H and O–H groups in total. The maximum atomic E-state index is 13.4. The lowest BCUT2D eigenvalue weighted by Gasteiger charge is -2.04. The van der Waals surface area contributed by atoms with Crippen molar-refractivity contribution in [1.29, 1.82) is 0 Å². The molecule has 0 saturated heterocycles. The molecular weight excluding hydrogens is 273 g/mol. The second-order valence-electron chi connectivity index (χ2n) is 3.48. The number of nitrogens with one attached hydrogen (secondary N) is 1. The molecule has 1 heterocycles. The van der Waals surface area contributed by atoms with Crippen LogP contribution < -0.4 is 5.32 Å². The number of hydrogen-bond acceptors (Lipinski definition) is 4. The van der Waals surface area contributed by atoms with Gasteiger partial charge >= 0.3 is 0 Å². The maximum Gasteiger partial charge on any atom is 0.253 e. The molecule has 102 valence electrons. The van der Waals surface area contributed by atoms with Crippen LogP contribution in [0.4, 0.5) is 22.0 Å². The van der Waals surface area contributed by atoms with Crippen LogP contribution in [0.15, 0.2) is 4.42 Å². The van der Waals surface area contributed by atoms with Crippen molar-refractivity contribution < 1.29 is 26.4 Å². The topological polar surface area (TPSA) is 51.0 Å². The summed E-state index contributed by atoms with van der Waals surface area (Å²) >= 11 is 0. The number of hydrogen-bond donors (Lipinski definition) is 1. The van der Waals surface area contributed by atoms with E-state index in [1.165, 1.54) is 0 Å². The lowest BCUT2D eigenvalue weighted by Crippen LogP contribution is -2.05. The average Bonchev–Trinajstić information content (AvgIpc) is 2.83. The first kappa shape index (κ1) is 13.4. The molecule has 0 aliphatic rings. The summed E-state index contributed by atoms with van der Waals surface area (Å²) in [5.41, 5.74) is -1.24. The molecule has 2 aromatic rings. The number of rotatable bonds is 3. The van der Waals surface area contributed by atoms with E-state index in [1.807, 2.05) is 0 Å². The first-order chi connectivity index (χ1) is 8.97. The Morgan fingerprint density at radius 2 is 1.42 bits per heavy atom. The van der Waals surface area contributed by atoms with Crippen LogP contribution in [0.3, 0.4) is 0 Å². The minimum absolute atomic E-state index is 0.0542. The van der Waals surface area contributed by atoms with Crippen molar-refractivity contribution in [3.8, 4) is 11.5 Å². The Morgan fingerprint density at radius 1 is 0.895 bits per heavy atom. The van der Waals surface area contributed by atoms with Gasteiger partial charge in [-0.1, -0.05) is 0 Å². The fourth-order valence-corrected chi connectivity index (χ4v) is 1.37. The standard InChI is InChI=1S/C10H6F5N3O/c1-16-2-3-17-18-10(19-3)4-5(11)7(13)9(15)8(14)6(4)12/h16H,2H2,1H3. The average molecular weight is 279 g/mol. The number of benzene rings is 1. The SMILES string of the molecule is CNCc1nnc(-c2c(F)c(F)c(F)c(F)c2F)o1. The highest BCUT2D eigenvalue weighted by atomic mass is 19.2. The zero-order chi connectivity index (χ0) is 14.2. The summed E-state index contributed by atoms with van der Waals surface area (Å²) in [5, 5.41) is 9.26. The Hall–Kier alpha value is -2.03. The second kappa shape index (κ2) is 4.92. The predicted molar refractivity (Wildman–Crippen MR) is 52.3 cm³/mol. The summed E-state index contributed by atoms with van der Waals surface area (Å²) in [6.45, 7) is 0.0857. The van der Waals surface area contributed by atoms with Gasteiger partial charge in [-0.3, -0.25) is 0 Å². The van der Waals surface area contributed by atoms with Crippen LogP contribution in [0.1, 0.15) is 5.89 Å². The summed E-state index contributed by atoms with van der Waals surface area (Å²) in [6, 6.07) is 0. The van der Waals surface area contributed by atoms with Gasteiger partial charge in [0.25, 0.3) is 5.89 Å². The lowest BCUT2D eigenvalue weighted by molar-refractivity contribution is 0.377. The Labute approximate surface area is 103 Å². The van der Waals surface area contributed by atoms with Gasteiger partial charge in [0.1, 0.15) is 5.56 Å². The highest BCUT2D eigenvalue weighted by Gasteiger charge is 2.29. The first-order valence-electron chi connectivity index (χ1n) is 4.96. The van der Waals surface area contributed by atoms with Gasteiger partial charge in [-0.05, 0) is 7.05 Å². The molecule has 0 spiro atoms. The van der Waals surface area contributed by atoms with Crippen molar-refractivity contribution >= 4 is 0 Å². The van der Waals surface area contributed by atoms with Crippen LogP contribution in [-0.4, -0.2) is 17.2 Å². The summed E-state index contributed by atoms with van der Waals surface area (Å²) in [5.74, 6) is -11.2. The van der Waals surface area contributed by atoms with Gasteiger partial charge in [-0.2, -0.15) is 0 Å². The van der Waals surface area contributed by atoms with Crippen molar-refractivity contribution in [2.45, 2.75) is 6.54 Å². The van der Waals surface area contributed by atoms with Gasteiger partial charge in [0.15, 0.2) is 23.3 Å². The van der Waals surface area contributed by atoms with Gasteiger partial charge in [0.2, 0.25) is 11.7 Å². The minimum atomic E-state index is -2.24. The molecule has 0 aliphatic heterocycles. The number of nitrogens with zero attached hydrogens (tertiary/aromatic N) is 2. The van der Waals surface area contributed by atoms with Crippen LogP contribution in [-0.2, 0) is 6.54 Å². The fourth-order valence-electron chi connectivity index (χ4n) is 1.37. The smallest absolute Gasteiger partial charge is 0.253 e. The Morgan fingerprint density at radius 3 is 1.95 bits per heavy atom. The fraction of sp³-hybridized carbons (Fsp3) is 0.200. The van der Waals surface area contributed by atoms with Crippen LogP contribution in [0, 0.1) is 29.1 Å². The third-order valence-corrected chi connectivity index (χ3v) is 2.22. The maximum absolute atomic E-state index is 13.4. The normalized spacial score (nSPS) is 11.1. The van der Waals surface area contributed by atoms with Crippen LogP contribution in [0.2, 0.25) is 0 Å². The molecule has 0 saturated carbocycles. The Balaban J connectivity index is 2.61. The van der Waals surface area contributed by atoms with E-state index in [4.69, 9.17) is 4.42 Å². The van der Waals surface area contributed by atoms with Crippen molar-refractivity contribution in [2.75, 3.05) is 7.05 Å². The third-order valence-electron chi connectivity index (χ3n) is 2.22. The zero-order valence-corrected chi connectivity index (χ0v) is 9.40. The van der Waals surface area contributed by atoms with E-state index in [-0.39, 0.29) is 12.4 Å². The van der Waals surface area contributed by atoms with E-state index in [0.717, 1.165) is 0 Å².